The van der Waals surface area contributed by atoms with Gasteiger partial charge in [-0.1, -0.05) is 23.7 Å². The first-order valence-corrected chi connectivity index (χ1v) is 7.09. The second-order valence-corrected chi connectivity index (χ2v) is 5.54. The van der Waals surface area contributed by atoms with Gasteiger partial charge in [0.25, 0.3) is 0 Å². The normalized spacial score (nSPS) is 11.0. The Kier molecular flexibility index (Phi) is 3.35. The lowest BCUT2D eigenvalue weighted by molar-refractivity contribution is 0.0699. The van der Waals surface area contributed by atoms with E-state index in [0.29, 0.717) is 20.7 Å². The highest BCUT2D eigenvalue weighted by molar-refractivity contribution is 9.10. The molecule has 0 spiro atoms. The van der Waals surface area contributed by atoms with Gasteiger partial charge in [-0.05, 0) is 40.2 Å². The minimum Gasteiger partial charge on any atom is -0.478 e. The quantitative estimate of drug-likeness (QED) is 0.728. The van der Waals surface area contributed by atoms with E-state index in [4.69, 9.17) is 11.6 Å². The first-order chi connectivity index (χ1) is 10.0. The number of rotatable bonds is 2. The van der Waals surface area contributed by atoms with Crippen molar-refractivity contribution in [3.8, 4) is 5.69 Å². The molecule has 5 nitrogen and oxygen atoms in total. The predicted octanol–water partition coefficient (Wildman–Crippen LogP) is 3.43. The van der Waals surface area contributed by atoms with Gasteiger partial charge in [0.1, 0.15) is 0 Å². The fraction of sp³-hybridized carbons (Fsp3) is 0. The Morgan fingerprint density at radius 2 is 1.95 bits per heavy atom. The number of hydrogen-bond acceptors (Lipinski definition) is 2. The van der Waals surface area contributed by atoms with Crippen LogP contribution in [0.1, 0.15) is 10.4 Å². The van der Waals surface area contributed by atoms with Crippen molar-refractivity contribution < 1.29 is 9.90 Å². The van der Waals surface area contributed by atoms with Crippen molar-refractivity contribution >= 4 is 44.5 Å². The average Bonchev–Trinajstić information content (AvgIpc) is 2.77. The van der Waals surface area contributed by atoms with Crippen molar-refractivity contribution in [2.45, 2.75) is 0 Å². The van der Waals surface area contributed by atoms with Crippen LogP contribution in [0.3, 0.4) is 0 Å². The third-order valence-electron chi connectivity index (χ3n) is 3.12. The Morgan fingerprint density at radius 3 is 2.67 bits per heavy atom. The molecular weight excluding hydrogens is 360 g/mol. The Bertz CT molecular complexity index is 930. The van der Waals surface area contributed by atoms with Crippen LogP contribution in [0.2, 0.25) is 5.02 Å². The van der Waals surface area contributed by atoms with Crippen LogP contribution in [0.5, 0.6) is 0 Å². The Balaban J connectivity index is 2.42. The number of nitrogens with zero attached hydrogens (tertiary/aromatic N) is 1. The number of hydrogen-bond donors (Lipinski definition) is 2. The number of halogens is 2. The van der Waals surface area contributed by atoms with Crippen molar-refractivity contribution in [3.63, 3.8) is 0 Å². The fourth-order valence-corrected chi connectivity index (χ4v) is 2.82. The standard InChI is InChI=1S/C14H8BrClN2O3/c15-11-8(16)4-2-5-9(11)18-10-6-1-3-7(13(19)20)12(10)17-14(18)21/h1-6H,(H,17,21)(H,19,20). The van der Waals surface area contributed by atoms with E-state index in [0.717, 1.165) is 0 Å². The summed E-state index contributed by atoms with van der Waals surface area (Å²) >= 11 is 9.40. The first kappa shape index (κ1) is 13.9. The Morgan fingerprint density at radius 1 is 1.24 bits per heavy atom. The van der Waals surface area contributed by atoms with Crippen molar-refractivity contribution in [3.05, 3.63) is 61.9 Å². The van der Waals surface area contributed by atoms with Gasteiger partial charge in [0, 0.05) is 0 Å². The number of carboxylic acids is 1. The Labute approximate surface area is 131 Å². The number of nitrogens with one attached hydrogen (secondary N) is 1. The minimum absolute atomic E-state index is 0.0431. The summed E-state index contributed by atoms with van der Waals surface area (Å²) in [5.41, 5.74) is 0.911. The van der Waals surface area contributed by atoms with Gasteiger partial charge in [-0.3, -0.25) is 4.57 Å². The summed E-state index contributed by atoms with van der Waals surface area (Å²) in [6, 6.07) is 9.84. The topological polar surface area (TPSA) is 75.1 Å². The van der Waals surface area contributed by atoms with Crippen LogP contribution in [-0.4, -0.2) is 20.6 Å². The van der Waals surface area contributed by atoms with Gasteiger partial charge >= 0.3 is 11.7 Å². The molecule has 7 heteroatoms. The van der Waals surface area contributed by atoms with E-state index in [1.165, 1.54) is 10.6 Å². The lowest BCUT2D eigenvalue weighted by atomic mass is 10.2. The van der Waals surface area contributed by atoms with E-state index in [1.54, 1.807) is 30.3 Å². The lowest BCUT2D eigenvalue weighted by Gasteiger charge is -2.07. The highest BCUT2D eigenvalue weighted by Gasteiger charge is 2.17. The van der Waals surface area contributed by atoms with Gasteiger partial charge in [0.05, 0.1) is 31.8 Å². The molecule has 0 aliphatic rings. The van der Waals surface area contributed by atoms with E-state index in [9.17, 15) is 14.7 Å². The molecule has 106 valence electrons. The van der Waals surface area contributed by atoms with Crippen LogP contribution in [-0.2, 0) is 0 Å². The number of H-pyrrole nitrogens is 1. The molecule has 0 bridgehead atoms. The van der Waals surface area contributed by atoms with E-state index < -0.39 is 11.7 Å². The number of imidazole rings is 1. The van der Waals surface area contributed by atoms with E-state index >= 15 is 0 Å². The molecule has 0 saturated heterocycles. The molecule has 0 amide bonds. The minimum atomic E-state index is -1.10. The van der Waals surface area contributed by atoms with Gasteiger partial charge in [-0.2, -0.15) is 0 Å². The molecule has 0 aliphatic carbocycles. The largest absolute Gasteiger partial charge is 0.478 e. The molecule has 0 aliphatic heterocycles. The maximum Gasteiger partial charge on any atom is 0.337 e. The summed E-state index contributed by atoms with van der Waals surface area (Å²) in [6.45, 7) is 0. The zero-order valence-electron chi connectivity index (χ0n) is 10.4. The Hall–Kier alpha value is -2.05. The molecule has 0 atom stereocenters. The van der Waals surface area contributed by atoms with Crippen molar-refractivity contribution in [2.24, 2.45) is 0 Å². The maximum absolute atomic E-state index is 12.2. The number of aromatic nitrogens is 2. The van der Waals surface area contributed by atoms with Crippen LogP contribution in [0, 0.1) is 0 Å². The van der Waals surface area contributed by atoms with E-state index in [2.05, 4.69) is 20.9 Å². The van der Waals surface area contributed by atoms with Crippen molar-refractivity contribution in [2.75, 3.05) is 0 Å². The van der Waals surface area contributed by atoms with Gasteiger partial charge in [-0.15, -0.1) is 0 Å². The van der Waals surface area contributed by atoms with Crippen LogP contribution >= 0.6 is 27.5 Å². The van der Waals surface area contributed by atoms with Crippen LogP contribution in [0.25, 0.3) is 16.7 Å². The second kappa shape index (κ2) is 5.05. The molecule has 1 aromatic heterocycles. The first-order valence-electron chi connectivity index (χ1n) is 5.92. The molecule has 2 N–H and O–H groups in total. The monoisotopic (exact) mass is 366 g/mol. The van der Waals surface area contributed by atoms with Crippen molar-refractivity contribution in [1.29, 1.82) is 0 Å². The third kappa shape index (κ3) is 2.16. The summed E-state index contributed by atoms with van der Waals surface area (Å²) in [5.74, 6) is -1.10. The molecule has 0 fully saturated rings. The van der Waals surface area contributed by atoms with Crippen molar-refractivity contribution in [1.82, 2.24) is 9.55 Å². The third-order valence-corrected chi connectivity index (χ3v) is 4.50. The smallest absolute Gasteiger partial charge is 0.337 e. The number of para-hydroxylation sites is 1. The van der Waals surface area contributed by atoms with Gasteiger partial charge in [0.15, 0.2) is 0 Å². The zero-order chi connectivity index (χ0) is 15.1. The van der Waals surface area contributed by atoms with E-state index in [1.807, 2.05) is 0 Å². The summed E-state index contributed by atoms with van der Waals surface area (Å²) in [5, 5.41) is 9.65. The van der Waals surface area contributed by atoms with Gasteiger partial charge in [0.2, 0.25) is 0 Å². The molecule has 2 aromatic carbocycles. The average molecular weight is 368 g/mol. The number of carboxylic acid groups (broad SMARTS) is 1. The molecule has 3 aromatic rings. The van der Waals surface area contributed by atoms with Crippen LogP contribution in [0.4, 0.5) is 0 Å². The van der Waals surface area contributed by atoms with E-state index in [-0.39, 0.29) is 11.1 Å². The number of fused-ring (bicyclic) bond motifs is 1. The highest BCUT2D eigenvalue weighted by atomic mass is 79.9. The molecule has 3 rings (SSSR count). The molecule has 21 heavy (non-hydrogen) atoms. The molecule has 0 saturated carbocycles. The van der Waals surface area contributed by atoms with Crippen LogP contribution in [0.15, 0.2) is 45.7 Å². The maximum atomic E-state index is 12.2. The van der Waals surface area contributed by atoms with Crippen LogP contribution < -0.4 is 5.69 Å². The second-order valence-electron chi connectivity index (χ2n) is 4.34. The van der Waals surface area contributed by atoms with Gasteiger partial charge < -0.3 is 10.1 Å². The lowest BCUT2D eigenvalue weighted by Crippen LogP contribution is -2.15. The predicted molar refractivity (Wildman–Crippen MR) is 83.6 cm³/mol. The van der Waals surface area contributed by atoms with Gasteiger partial charge in [-0.25, -0.2) is 9.59 Å². The number of aromatic amines is 1. The molecule has 1 heterocycles. The summed E-state index contributed by atoms with van der Waals surface area (Å²) in [4.78, 5) is 26.0. The summed E-state index contributed by atoms with van der Waals surface area (Å²) in [7, 11) is 0. The number of benzene rings is 2. The SMILES string of the molecule is O=C(O)c1cccc2c1[nH]c(=O)n2-c1cccc(Cl)c1Br. The highest BCUT2D eigenvalue weighted by Crippen LogP contribution is 2.30. The number of carbonyl (C=O) groups is 1. The summed E-state index contributed by atoms with van der Waals surface area (Å²) < 4.78 is 1.95. The summed E-state index contributed by atoms with van der Waals surface area (Å²) in [6.07, 6.45) is 0. The fourth-order valence-electron chi connectivity index (χ4n) is 2.21. The number of aromatic carboxylic acids is 1. The molecule has 0 unspecified atom stereocenters. The molecular formula is C14H8BrClN2O3. The zero-order valence-corrected chi connectivity index (χ0v) is 12.8. The molecule has 0 radical (unpaired) electrons.